The molecule has 1 aromatic carbocycles. The van der Waals surface area contributed by atoms with Gasteiger partial charge in [0.2, 0.25) is 0 Å². The van der Waals surface area contributed by atoms with Crippen LogP contribution in [0.2, 0.25) is 0 Å². The highest BCUT2D eigenvalue weighted by molar-refractivity contribution is 5.71. The van der Waals surface area contributed by atoms with Gasteiger partial charge in [0.25, 0.3) is 0 Å². The van der Waals surface area contributed by atoms with Crippen molar-refractivity contribution >= 4 is 5.69 Å². The van der Waals surface area contributed by atoms with E-state index in [0.29, 0.717) is 23.0 Å². The van der Waals surface area contributed by atoms with Gasteiger partial charge in [0.15, 0.2) is 5.82 Å². The number of hydrogen-bond acceptors (Lipinski definition) is 4. The molecule has 0 aliphatic heterocycles. The normalized spacial score (nSPS) is 14.3. The fourth-order valence-corrected chi connectivity index (χ4v) is 1.95. The number of benzene rings is 1. The summed E-state index contributed by atoms with van der Waals surface area (Å²) in [6, 6.07) is 4.33. The number of halogens is 1. The van der Waals surface area contributed by atoms with Gasteiger partial charge in [-0.2, -0.15) is 0 Å². The lowest BCUT2D eigenvalue weighted by atomic mass is 10.0. The summed E-state index contributed by atoms with van der Waals surface area (Å²) >= 11 is 0. The number of hydrogen-bond donors (Lipinski definition) is 1. The summed E-state index contributed by atoms with van der Waals surface area (Å²) in [6.45, 7) is 6.29. The summed E-state index contributed by atoms with van der Waals surface area (Å²) in [7, 11) is 0. The van der Waals surface area contributed by atoms with Crippen LogP contribution in [0.25, 0.3) is 11.4 Å². The van der Waals surface area contributed by atoms with Gasteiger partial charge in [0.05, 0.1) is 6.04 Å². The van der Waals surface area contributed by atoms with Crippen LogP contribution < -0.4 is 5.73 Å². The number of tetrazole rings is 1. The van der Waals surface area contributed by atoms with Crippen LogP contribution in [0, 0.1) is 11.7 Å². The van der Waals surface area contributed by atoms with E-state index in [1.54, 1.807) is 4.68 Å². The van der Waals surface area contributed by atoms with Crippen molar-refractivity contribution in [3.8, 4) is 11.4 Å². The van der Waals surface area contributed by atoms with E-state index in [2.05, 4.69) is 29.4 Å². The van der Waals surface area contributed by atoms with Crippen LogP contribution in [0.3, 0.4) is 0 Å². The van der Waals surface area contributed by atoms with Crippen LogP contribution in [0.1, 0.15) is 33.2 Å². The Kier molecular flexibility index (Phi) is 3.78. The van der Waals surface area contributed by atoms with Crippen molar-refractivity contribution in [2.75, 3.05) is 5.73 Å². The lowest BCUT2D eigenvalue weighted by molar-refractivity contribution is 0.340. The zero-order valence-corrected chi connectivity index (χ0v) is 11.3. The summed E-state index contributed by atoms with van der Waals surface area (Å²) in [5, 5.41) is 11.7. The molecule has 1 aromatic heterocycles. The second kappa shape index (κ2) is 5.34. The zero-order chi connectivity index (χ0) is 14.0. The van der Waals surface area contributed by atoms with E-state index in [9.17, 15) is 4.39 Å². The SMILES string of the molecule is CCC(C)C(C)n1nnnc1-c1cc(F)ccc1N. The molecule has 2 unspecified atom stereocenters. The largest absolute Gasteiger partial charge is 0.398 e. The quantitative estimate of drug-likeness (QED) is 0.861. The maximum Gasteiger partial charge on any atom is 0.184 e. The van der Waals surface area contributed by atoms with Crippen molar-refractivity contribution in [3.05, 3.63) is 24.0 Å². The van der Waals surface area contributed by atoms with Crippen molar-refractivity contribution in [1.82, 2.24) is 20.2 Å². The third kappa shape index (κ3) is 2.57. The first kappa shape index (κ1) is 13.5. The predicted molar refractivity (Wildman–Crippen MR) is 71.8 cm³/mol. The second-order valence-electron chi connectivity index (χ2n) is 4.80. The minimum Gasteiger partial charge on any atom is -0.398 e. The van der Waals surface area contributed by atoms with Gasteiger partial charge in [0.1, 0.15) is 5.82 Å². The summed E-state index contributed by atoms with van der Waals surface area (Å²) in [6.07, 6.45) is 1.01. The van der Waals surface area contributed by atoms with Crippen LogP contribution >= 0.6 is 0 Å². The van der Waals surface area contributed by atoms with E-state index in [1.165, 1.54) is 18.2 Å². The minimum atomic E-state index is -0.352. The van der Waals surface area contributed by atoms with Crippen LogP contribution in [-0.4, -0.2) is 20.2 Å². The van der Waals surface area contributed by atoms with Crippen molar-refractivity contribution < 1.29 is 4.39 Å². The van der Waals surface area contributed by atoms with Crippen LogP contribution in [0.5, 0.6) is 0 Å². The molecular formula is C13H18FN5. The third-order valence-electron chi connectivity index (χ3n) is 3.60. The Labute approximate surface area is 111 Å². The molecule has 0 aliphatic rings. The standard InChI is InChI=1S/C13H18FN5/c1-4-8(2)9(3)19-13(16-17-18-19)11-7-10(14)5-6-12(11)15/h5-9H,4,15H2,1-3H3. The Morgan fingerprint density at radius 2 is 2.11 bits per heavy atom. The number of nitrogens with zero attached hydrogens (tertiary/aromatic N) is 4. The number of nitrogen functional groups attached to an aromatic ring is 1. The molecule has 0 amide bonds. The highest BCUT2D eigenvalue weighted by Gasteiger charge is 2.20. The van der Waals surface area contributed by atoms with Crippen LogP contribution in [0.15, 0.2) is 18.2 Å². The minimum absolute atomic E-state index is 0.123. The van der Waals surface area contributed by atoms with Gasteiger partial charge in [-0.05, 0) is 41.5 Å². The molecule has 6 heteroatoms. The third-order valence-corrected chi connectivity index (χ3v) is 3.60. The maximum atomic E-state index is 13.4. The molecule has 0 radical (unpaired) electrons. The highest BCUT2D eigenvalue weighted by Crippen LogP contribution is 2.28. The predicted octanol–water partition coefficient (Wildman–Crippen LogP) is 2.67. The molecule has 0 saturated carbocycles. The van der Waals surface area contributed by atoms with Crippen molar-refractivity contribution in [2.24, 2.45) is 5.92 Å². The van der Waals surface area contributed by atoms with Crippen molar-refractivity contribution in [1.29, 1.82) is 0 Å². The molecule has 2 aromatic rings. The van der Waals surface area contributed by atoms with Gasteiger partial charge < -0.3 is 5.73 Å². The fourth-order valence-electron chi connectivity index (χ4n) is 1.95. The molecule has 2 N–H and O–H groups in total. The smallest absolute Gasteiger partial charge is 0.184 e. The van der Waals surface area contributed by atoms with E-state index in [-0.39, 0.29) is 11.9 Å². The van der Waals surface area contributed by atoms with Gasteiger partial charge in [-0.25, -0.2) is 9.07 Å². The van der Waals surface area contributed by atoms with Gasteiger partial charge >= 0.3 is 0 Å². The lowest BCUT2D eigenvalue weighted by Gasteiger charge is -2.19. The molecule has 0 fully saturated rings. The van der Waals surface area contributed by atoms with Gasteiger partial charge in [0, 0.05) is 11.3 Å². The molecule has 0 bridgehead atoms. The summed E-state index contributed by atoms with van der Waals surface area (Å²) < 4.78 is 15.1. The molecule has 19 heavy (non-hydrogen) atoms. The van der Waals surface area contributed by atoms with Crippen LogP contribution in [0.4, 0.5) is 10.1 Å². The summed E-state index contributed by atoms with van der Waals surface area (Å²) in [5.41, 5.74) is 6.88. The fraction of sp³-hybridized carbons (Fsp3) is 0.462. The first-order chi connectivity index (χ1) is 9.04. The Hall–Kier alpha value is -1.98. The maximum absolute atomic E-state index is 13.4. The molecule has 5 nitrogen and oxygen atoms in total. The highest BCUT2D eigenvalue weighted by atomic mass is 19.1. The molecular weight excluding hydrogens is 245 g/mol. The van der Waals surface area contributed by atoms with E-state index >= 15 is 0 Å². The molecule has 2 rings (SSSR count). The average molecular weight is 263 g/mol. The van der Waals surface area contributed by atoms with E-state index < -0.39 is 0 Å². The lowest BCUT2D eigenvalue weighted by Crippen LogP contribution is -2.16. The van der Waals surface area contributed by atoms with E-state index in [1.807, 2.05) is 6.92 Å². The van der Waals surface area contributed by atoms with E-state index in [4.69, 9.17) is 5.73 Å². The topological polar surface area (TPSA) is 69.6 Å². The monoisotopic (exact) mass is 263 g/mol. The number of aromatic nitrogens is 4. The average Bonchev–Trinajstić information content (AvgIpc) is 2.88. The van der Waals surface area contributed by atoms with Gasteiger partial charge in [-0.15, -0.1) is 5.10 Å². The Morgan fingerprint density at radius 1 is 1.37 bits per heavy atom. The molecule has 0 aliphatic carbocycles. The summed E-state index contributed by atoms with van der Waals surface area (Å²) in [4.78, 5) is 0. The van der Waals surface area contributed by atoms with E-state index in [0.717, 1.165) is 6.42 Å². The number of nitrogens with two attached hydrogens (primary N) is 1. The zero-order valence-electron chi connectivity index (χ0n) is 11.3. The van der Waals surface area contributed by atoms with Crippen molar-refractivity contribution in [3.63, 3.8) is 0 Å². The Bertz CT molecular complexity index is 566. The molecule has 2 atom stereocenters. The second-order valence-corrected chi connectivity index (χ2v) is 4.80. The Morgan fingerprint density at radius 3 is 2.79 bits per heavy atom. The molecule has 102 valence electrons. The van der Waals surface area contributed by atoms with Crippen LogP contribution in [-0.2, 0) is 0 Å². The number of anilines is 1. The van der Waals surface area contributed by atoms with Gasteiger partial charge in [-0.3, -0.25) is 0 Å². The molecule has 0 saturated heterocycles. The first-order valence-electron chi connectivity index (χ1n) is 6.37. The molecule has 1 heterocycles. The first-order valence-corrected chi connectivity index (χ1v) is 6.37. The molecule has 0 spiro atoms. The Balaban J connectivity index is 2.47. The van der Waals surface area contributed by atoms with Gasteiger partial charge in [-0.1, -0.05) is 20.3 Å². The summed E-state index contributed by atoms with van der Waals surface area (Å²) in [5.74, 6) is 0.566. The number of rotatable bonds is 4. The van der Waals surface area contributed by atoms with Crippen molar-refractivity contribution in [2.45, 2.75) is 33.2 Å².